The van der Waals surface area contributed by atoms with Crippen molar-refractivity contribution in [2.24, 2.45) is 0 Å². The van der Waals surface area contributed by atoms with Gasteiger partial charge in [0, 0.05) is 11.6 Å². The zero-order valence-electron chi connectivity index (χ0n) is 12.4. The standard InChI is InChI=1S/C16H16N2O5/c19-13(17-11-5-6-11)9-23-15(21)8-18-14(20)7-10-3-1-2-4-12(10)16(18)22/h1-4,11H,5-9H2,(H,17,19). The number of amides is 3. The highest BCUT2D eigenvalue weighted by molar-refractivity contribution is 6.11. The lowest BCUT2D eigenvalue weighted by molar-refractivity contribution is -0.151. The largest absolute Gasteiger partial charge is 0.454 e. The number of carbonyl (C=O) groups excluding carboxylic acids is 4. The summed E-state index contributed by atoms with van der Waals surface area (Å²) in [5.41, 5.74) is 1.06. The minimum Gasteiger partial charge on any atom is -0.454 e. The molecule has 0 saturated heterocycles. The van der Waals surface area contributed by atoms with Crippen molar-refractivity contribution in [2.45, 2.75) is 25.3 Å². The van der Waals surface area contributed by atoms with Crippen LogP contribution in [-0.2, 0) is 25.5 Å². The second kappa shape index (κ2) is 6.20. The molecule has 1 aromatic rings. The van der Waals surface area contributed by atoms with Crippen LogP contribution in [0.15, 0.2) is 24.3 Å². The highest BCUT2D eigenvalue weighted by atomic mass is 16.5. The maximum absolute atomic E-state index is 12.3. The topological polar surface area (TPSA) is 92.8 Å². The predicted molar refractivity (Wildman–Crippen MR) is 78.3 cm³/mol. The normalized spacial score (nSPS) is 16.8. The fourth-order valence-electron chi connectivity index (χ4n) is 2.38. The molecule has 1 heterocycles. The van der Waals surface area contributed by atoms with Crippen LogP contribution < -0.4 is 5.32 Å². The van der Waals surface area contributed by atoms with Crippen LogP contribution in [0.25, 0.3) is 0 Å². The quantitative estimate of drug-likeness (QED) is 0.611. The fraction of sp³-hybridized carbons (Fsp3) is 0.375. The van der Waals surface area contributed by atoms with E-state index in [1.807, 2.05) is 0 Å². The molecule has 0 radical (unpaired) electrons. The summed E-state index contributed by atoms with van der Waals surface area (Å²) in [7, 11) is 0. The number of nitrogens with zero attached hydrogens (tertiary/aromatic N) is 1. The zero-order chi connectivity index (χ0) is 16.4. The van der Waals surface area contributed by atoms with Gasteiger partial charge in [0.2, 0.25) is 5.91 Å². The van der Waals surface area contributed by atoms with Crippen molar-refractivity contribution >= 4 is 23.7 Å². The number of hydrogen-bond acceptors (Lipinski definition) is 5. The lowest BCUT2D eigenvalue weighted by Gasteiger charge is -2.25. The number of hydrogen-bond donors (Lipinski definition) is 1. The first-order valence-electron chi connectivity index (χ1n) is 7.42. The number of imide groups is 1. The number of carbonyl (C=O) groups is 4. The Morgan fingerprint density at radius 2 is 1.96 bits per heavy atom. The SMILES string of the molecule is O=C(COC(=O)CN1C(=O)Cc2ccccc2C1=O)NC1CC1. The molecule has 0 aromatic heterocycles. The van der Waals surface area contributed by atoms with Gasteiger partial charge in [0.15, 0.2) is 6.61 Å². The second-order valence-electron chi connectivity index (χ2n) is 5.62. The summed E-state index contributed by atoms with van der Waals surface area (Å²) in [6, 6.07) is 6.96. The minimum atomic E-state index is -0.781. The Labute approximate surface area is 132 Å². The van der Waals surface area contributed by atoms with Gasteiger partial charge in [-0.3, -0.25) is 24.1 Å². The number of benzene rings is 1. The summed E-state index contributed by atoms with van der Waals surface area (Å²) < 4.78 is 4.82. The summed E-state index contributed by atoms with van der Waals surface area (Å²) in [5, 5.41) is 2.68. The summed E-state index contributed by atoms with van der Waals surface area (Å²) in [6.07, 6.45) is 1.95. The van der Waals surface area contributed by atoms with E-state index in [4.69, 9.17) is 4.74 Å². The van der Waals surface area contributed by atoms with Gasteiger partial charge in [-0.15, -0.1) is 0 Å². The number of rotatable bonds is 5. The van der Waals surface area contributed by atoms with Crippen LogP contribution in [-0.4, -0.2) is 47.8 Å². The van der Waals surface area contributed by atoms with Gasteiger partial charge in [0.05, 0.1) is 6.42 Å². The number of esters is 1. The van der Waals surface area contributed by atoms with Crippen molar-refractivity contribution in [2.75, 3.05) is 13.2 Å². The molecule has 3 rings (SSSR count). The van der Waals surface area contributed by atoms with Crippen LogP contribution in [0.1, 0.15) is 28.8 Å². The van der Waals surface area contributed by atoms with Gasteiger partial charge in [-0.2, -0.15) is 0 Å². The summed E-state index contributed by atoms with van der Waals surface area (Å²) >= 11 is 0. The van der Waals surface area contributed by atoms with Gasteiger partial charge in [0.25, 0.3) is 11.8 Å². The van der Waals surface area contributed by atoms with E-state index in [-0.39, 0.29) is 18.4 Å². The number of ether oxygens (including phenoxy) is 1. The first kappa shape index (κ1) is 15.2. The Morgan fingerprint density at radius 1 is 1.22 bits per heavy atom. The Kier molecular flexibility index (Phi) is 4.10. The van der Waals surface area contributed by atoms with Gasteiger partial charge in [-0.1, -0.05) is 18.2 Å². The average Bonchev–Trinajstić information content (AvgIpc) is 3.33. The molecule has 0 spiro atoms. The maximum atomic E-state index is 12.3. The Hall–Kier alpha value is -2.70. The predicted octanol–water partition coefficient (Wildman–Crippen LogP) is 0.0333. The first-order chi connectivity index (χ1) is 11.0. The molecule has 3 amide bonds. The molecule has 120 valence electrons. The number of fused-ring (bicyclic) bond motifs is 1. The van der Waals surface area contributed by atoms with E-state index in [0.717, 1.165) is 17.7 Å². The monoisotopic (exact) mass is 316 g/mol. The molecule has 1 aromatic carbocycles. The molecule has 0 unspecified atom stereocenters. The third-order valence-corrected chi connectivity index (χ3v) is 3.73. The molecule has 0 bridgehead atoms. The van der Waals surface area contributed by atoms with Gasteiger partial charge in [-0.25, -0.2) is 0 Å². The van der Waals surface area contributed by atoms with E-state index in [1.165, 1.54) is 0 Å². The van der Waals surface area contributed by atoms with Gasteiger partial charge >= 0.3 is 5.97 Å². The summed E-state index contributed by atoms with van der Waals surface area (Å²) in [6.45, 7) is -0.884. The smallest absolute Gasteiger partial charge is 0.326 e. The highest BCUT2D eigenvalue weighted by Crippen LogP contribution is 2.19. The van der Waals surface area contributed by atoms with Crippen molar-refractivity contribution in [3.8, 4) is 0 Å². The van der Waals surface area contributed by atoms with Crippen molar-refractivity contribution in [3.63, 3.8) is 0 Å². The van der Waals surface area contributed by atoms with Crippen molar-refractivity contribution in [1.82, 2.24) is 10.2 Å². The van der Waals surface area contributed by atoms with Crippen molar-refractivity contribution < 1.29 is 23.9 Å². The van der Waals surface area contributed by atoms with Crippen molar-refractivity contribution in [1.29, 1.82) is 0 Å². The van der Waals surface area contributed by atoms with E-state index in [0.29, 0.717) is 11.1 Å². The average molecular weight is 316 g/mol. The molecular formula is C16H16N2O5. The van der Waals surface area contributed by atoms with Crippen LogP contribution in [0.2, 0.25) is 0 Å². The Bertz CT molecular complexity index is 681. The van der Waals surface area contributed by atoms with Crippen LogP contribution in [0.5, 0.6) is 0 Å². The molecule has 2 aliphatic rings. The van der Waals surface area contributed by atoms with Gasteiger partial charge in [0.1, 0.15) is 6.54 Å². The molecule has 23 heavy (non-hydrogen) atoms. The maximum Gasteiger partial charge on any atom is 0.326 e. The van der Waals surface area contributed by atoms with Gasteiger partial charge in [-0.05, 0) is 24.5 Å². The van der Waals surface area contributed by atoms with E-state index in [9.17, 15) is 19.2 Å². The molecule has 1 N–H and O–H groups in total. The third kappa shape index (κ3) is 3.56. The third-order valence-electron chi connectivity index (χ3n) is 3.73. The van der Waals surface area contributed by atoms with E-state index >= 15 is 0 Å². The van der Waals surface area contributed by atoms with E-state index in [1.54, 1.807) is 24.3 Å². The summed E-state index contributed by atoms with van der Waals surface area (Å²) in [4.78, 5) is 48.4. The Balaban J connectivity index is 1.56. The van der Waals surface area contributed by atoms with E-state index in [2.05, 4.69) is 5.32 Å². The molecule has 1 aliphatic carbocycles. The summed E-state index contributed by atoms with van der Waals surface area (Å²) in [5.74, 6) is -2.12. The zero-order valence-corrected chi connectivity index (χ0v) is 12.4. The van der Waals surface area contributed by atoms with Gasteiger partial charge < -0.3 is 10.1 Å². The lowest BCUT2D eigenvalue weighted by Crippen LogP contribution is -2.45. The van der Waals surface area contributed by atoms with Crippen LogP contribution in [0.4, 0.5) is 0 Å². The fourth-order valence-corrected chi connectivity index (χ4v) is 2.38. The van der Waals surface area contributed by atoms with Crippen LogP contribution in [0.3, 0.4) is 0 Å². The van der Waals surface area contributed by atoms with Crippen LogP contribution in [0, 0.1) is 0 Å². The molecule has 0 atom stereocenters. The Morgan fingerprint density at radius 3 is 2.70 bits per heavy atom. The molecule has 1 aliphatic heterocycles. The highest BCUT2D eigenvalue weighted by Gasteiger charge is 2.32. The van der Waals surface area contributed by atoms with Crippen LogP contribution >= 0.6 is 0 Å². The first-order valence-corrected chi connectivity index (χ1v) is 7.42. The molecule has 1 fully saturated rings. The number of nitrogens with one attached hydrogen (secondary N) is 1. The molecule has 7 heteroatoms. The minimum absolute atomic E-state index is 0.0668. The lowest BCUT2D eigenvalue weighted by atomic mass is 9.98. The second-order valence-corrected chi connectivity index (χ2v) is 5.62. The molecular weight excluding hydrogens is 300 g/mol. The molecule has 7 nitrogen and oxygen atoms in total. The van der Waals surface area contributed by atoms with E-state index < -0.39 is 30.9 Å². The molecule has 1 saturated carbocycles. The van der Waals surface area contributed by atoms with Crippen molar-refractivity contribution in [3.05, 3.63) is 35.4 Å².